The highest BCUT2D eigenvalue weighted by Crippen LogP contribution is 2.45. The molecular formula is C12H15F3N2O. The first kappa shape index (κ1) is 13.0. The van der Waals surface area contributed by atoms with Crippen molar-refractivity contribution in [3.05, 3.63) is 23.8 Å². The quantitative estimate of drug-likeness (QED) is 0.729. The predicted molar refractivity (Wildman–Crippen MR) is 63.1 cm³/mol. The minimum Gasteiger partial charge on any atom is -0.397 e. The molecule has 4 N–H and O–H groups in total. The van der Waals surface area contributed by atoms with Crippen molar-refractivity contribution in [3.8, 4) is 0 Å². The van der Waals surface area contributed by atoms with E-state index in [4.69, 9.17) is 10.8 Å². The molecule has 1 aliphatic rings. The molecule has 1 aromatic rings. The van der Waals surface area contributed by atoms with Gasteiger partial charge in [0.2, 0.25) is 0 Å². The van der Waals surface area contributed by atoms with E-state index in [1.54, 1.807) is 0 Å². The molecular weight excluding hydrogens is 245 g/mol. The number of rotatable bonds is 4. The monoisotopic (exact) mass is 260 g/mol. The maximum absolute atomic E-state index is 12.4. The van der Waals surface area contributed by atoms with Gasteiger partial charge < -0.3 is 16.2 Å². The van der Waals surface area contributed by atoms with E-state index in [9.17, 15) is 13.2 Å². The average Bonchev–Trinajstić information content (AvgIpc) is 3.07. The van der Waals surface area contributed by atoms with Crippen LogP contribution in [-0.4, -0.2) is 18.3 Å². The van der Waals surface area contributed by atoms with Crippen molar-refractivity contribution >= 4 is 11.4 Å². The number of nitrogen functional groups attached to an aromatic ring is 1. The minimum absolute atomic E-state index is 0.0681. The summed E-state index contributed by atoms with van der Waals surface area (Å²) in [6.45, 7) is 0.611. The van der Waals surface area contributed by atoms with Crippen molar-refractivity contribution < 1.29 is 18.3 Å². The van der Waals surface area contributed by atoms with E-state index in [1.807, 2.05) is 0 Å². The maximum atomic E-state index is 12.4. The van der Waals surface area contributed by atoms with Gasteiger partial charge in [-0.3, -0.25) is 0 Å². The smallest absolute Gasteiger partial charge is 0.397 e. The number of hydrogen-bond acceptors (Lipinski definition) is 3. The van der Waals surface area contributed by atoms with Crippen molar-refractivity contribution in [1.29, 1.82) is 0 Å². The highest BCUT2D eigenvalue weighted by molar-refractivity contribution is 5.67. The van der Waals surface area contributed by atoms with Gasteiger partial charge in [-0.25, -0.2) is 0 Å². The number of anilines is 2. The molecule has 0 bridgehead atoms. The Hall–Kier alpha value is -1.43. The summed E-state index contributed by atoms with van der Waals surface area (Å²) in [5, 5.41) is 12.1. The largest absolute Gasteiger partial charge is 0.416 e. The van der Waals surface area contributed by atoms with Gasteiger partial charge >= 0.3 is 6.18 Å². The van der Waals surface area contributed by atoms with Crippen LogP contribution in [0, 0.1) is 5.41 Å². The first-order valence-electron chi connectivity index (χ1n) is 5.68. The molecule has 1 aromatic carbocycles. The fourth-order valence-electron chi connectivity index (χ4n) is 1.75. The van der Waals surface area contributed by atoms with Crippen LogP contribution in [0.25, 0.3) is 0 Å². The normalized spacial score (nSPS) is 17.6. The molecule has 0 unspecified atom stereocenters. The van der Waals surface area contributed by atoms with E-state index in [2.05, 4.69) is 5.32 Å². The number of halogens is 3. The summed E-state index contributed by atoms with van der Waals surface area (Å²) in [6.07, 6.45) is -2.52. The zero-order chi connectivity index (χ0) is 13.4. The van der Waals surface area contributed by atoms with Gasteiger partial charge in [0, 0.05) is 12.0 Å². The lowest BCUT2D eigenvalue weighted by atomic mass is 10.1. The lowest BCUT2D eigenvalue weighted by Crippen LogP contribution is -2.19. The van der Waals surface area contributed by atoms with Gasteiger partial charge in [-0.15, -0.1) is 0 Å². The molecule has 0 amide bonds. The number of aliphatic hydroxyl groups is 1. The van der Waals surface area contributed by atoms with Crippen LogP contribution in [0.4, 0.5) is 24.5 Å². The van der Waals surface area contributed by atoms with Crippen molar-refractivity contribution in [1.82, 2.24) is 0 Å². The molecule has 2 rings (SSSR count). The van der Waals surface area contributed by atoms with Crippen LogP contribution < -0.4 is 11.1 Å². The van der Waals surface area contributed by atoms with Gasteiger partial charge in [0.05, 0.1) is 23.5 Å². The maximum Gasteiger partial charge on any atom is 0.416 e. The Morgan fingerprint density at radius 3 is 2.44 bits per heavy atom. The Balaban J connectivity index is 2.06. The van der Waals surface area contributed by atoms with Crippen LogP contribution in [0.15, 0.2) is 18.2 Å². The number of benzene rings is 1. The topological polar surface area (TPSA) is 58.3 Å². The Morgan fingerprint density at radius 2 is 2.00 bits per heavy atom. The van der Waals surface area contributed by atoms with Gasteiger partial charge in [-0.2, -0.15) is 13.2 Å². The molecule has 0 aromatic heterocycles. The van der Waals surface area contributed by atoms with E-state index in [0.29, 0.717) is 12.2 Å². The molecule has 100 valence electrons. The summed E-state index contributed by atoms with van der Waals surface area (Å²) >= 11 is 0. The molecule has 18 heavy (non-hydrogen) atoms. The molecule has 1 aliphatic carbocycles. The number of nitrogens with one attached hydrogen (secondary N) is 1. The molecule has 6 heteroatoms. The SMILES string of the molecule is Nc1cc(C(F)(F)F)ccc1NCC1(CO)CC1. The first-order chi connectivity index (χ1) is 8.36. The molecule has 0 atom stereocenters. The van der Waals surface area contributed by atoms with E-state index in [0.717, 1.165) is 25.0 Å². The summed E-state index contributed by atoms with van der Waals surface area (Å²) in [4.78, 5) is 0. The second-order valence-electron chi connectivity index (χ2n) is 4.81. The lowest BCUT2D eigenvalue weighted by Gasteiger charge is -2.16. The van der Waals surface area contributed by atoms with Crippen molar-refractivity contribution in [2.75, 3.05) is 24.2 Å². The Bertz CT molecular complexity index is 441. The average molecular weight is 260 g/mol. The second-order valence-corrected chi connectivity index (χ2v) is 4.81. The first-order valence-corrected chi connectivity index (χ1v) is 5.68. The summed E-state index contributed by atoms with van der Waals surface area (Å²) in [5.41, 5.74) is 5.26. The van der Waals surface area contributed by atoms with Gasteiger partial charge in [-0.1, -0.05) is 0 Å². The zero-order valence-electron chi connectivity index (χ0n) is 9.72. The summed E-state index contributed by atoms with van der Waals surface area (Å²) in [6, 6.07) is 3.24. The van der Waals surface area contributed by atoms with Crippen LogP contribution in [0.2, 0.25) is 0 Å². The third kappa shape index (κ3) is 2.69. The van der Waals surface area contributed by atoms with Crippen LogP contribution in [-0.2, 0) is 6.18 Å². The molecule has 3 nitrogen and oxygen atoms in total. The minimum atomic E-state index is -4.38. The number of nitrogens with two attached hydrogens (primary N) is 1. The van der Waals surface area contributed by atoms with Crippen LogP contribution in [0.3, 0.4) is 0 Å². The van der Waals surface area contributed by atoms with Crippen LogP contribution in [0.5, 0.6) is 0 Å². The molecule has 0 spiro atoms. The van der Waals surface area contributed by atoms with E-state index in [1.165, 1.54) is 6.07 Å². The standard InChI is InChI=1S/C12H15F3N2O/c13-12(14,15)8-1-2-10(9(16)5-8)17-6-11(7-18)3-4-11/h1-2,5,17-18H,3-4,6-7,16H2. The third-order valence-corrected chi connectivity index (χ3v) is 3.33. The van der Waals surface area contributed by atoms with Gasteiger partial charge in [0.1, 0.15) is 0 Å². The summed E-state index contributed by atoms with van der Waals surface area (Å²) in [5.74, 6) is 0. The van der Waals surface area contributed by atoms with Crippen molar-refractivity contribution in [2.24, 2.45) is 5.41 Å². The van der Waals surface area contributed by atoms with E-state index < -0.39 is 11.7 Å². The molecule has 1 saturated carbocycles. The van der Waals surface area contributed by atoms with Crippen LogP contribution >= 0.6 is 0 Å². The number of aliphatic hydroxyl groups excluding tert-OH is 1. The number of hydrogen-bond donors (Lipinski definition) is 3. The lowest BCUT2D eigenvalue weighted by molar-refractivity contribution is -0.137. The summed E-state index contributed by atoms with van der Waals surface area (Å²) in [7, 11) is 0. The molecule has 0 heterocycles. The van der Waals surface area contributed by atoms with E-state index >= 15 is 0 Å². The Kier molecular flexibility index (Phi) is 3.14. The van der Waals surface area contributed by atoms with Gasteiger partial charge in [-0.05, 0) is 31.0 Å². The van der Waals surface area contributed by atoms with Crippen molar-refractivity contribution in [2.45, 2.75) is 19.0 Å². The van der Waals surface area contributed by atoms with Gasteiger partial charge in [0.15, 0.2) is 0 Å². The predicted octanol–water partition coefficient (Wildman–Crippen LogP) is 2.47. The van der Waals surface area contributed by atoms with Gasteiger partial charge in [0.25, 0.3) is 0 Å². The Morgan fingerprint density at radius 1 is 1.33 bits per heavy atom. The third-order valence-electron chi connectivity index (χ3n) is 3.33. The van der Waals surface area contributed by atoms with Crippen LogP contribution in [0.1, 0.15) is 18.4 Å². The molecule has 0 aliphatic heterocycles. The number of alkyl halides is 3. The fraction of sp³-hybridized carbons (Fsp3) is 0.500. The fourth-order valence-corrected chi connectivity index (χ4v) is 1.75. The molecule has 0 radical (unpaired) electrons. The highest BCUT2D eigenvalue weighted by Gasteiger charge is 2.41. The van der Waals surface area contributed by atoms with E-state index in [-0.39, 0.29) is 17.7 Å². The molecule has 0 saturated heterocycles. The second kappa shape index (κ2) is 4.35. The highest BCUT2D eigenvalue weighted by atomic mass is 19.4. The summed E-state index contributed by atoms with van der Waals surface area (Å²) < 4.78 is 37.3. The molecule has 1 fully saturated rings. The zero-order valence-corrected chi connectivity index (χ0v) is 9.72. The van der Waals surface area contributed by atoms with Crippen molar-refractivity contribution in [3.63, 3.8) is 0 Å². The Labute approximate surface area is 103 Å².